The summed E-state index contributed by atoms with van der Waals surface area (Å²) in [6.45, 7) is 0.743. The highest BCUT2D eigenvalue weighted by molar-refractivity contribution is 5.89. The molecule has 84 valence electrons. The minimum atomic E-state index is -0.110. The van der Waals surface area contributed by atoms with Crippen molar-refractivity contribution in [2.75, 3.05) is 11.9 Å². The number of ether oxygens (including phenoxy) is 1. The number of carbonyl (C=O) groups is 1. The maximum absolute atomic E-state index is 11.5. The van der Waals surface area contributed by atoms with Crippen molar-refractivity contribution >= 4 is 11.7 Å². The van der Waals surface area contributed by atoms with E-state index in [9.17, 15) is 4.79 Å². The molecule has 0 saturated heterocycles. The lowest BCUT2D eigenvalue weighted by atomic mass is 10.1. The molecule has 2 N–H and O–H groups in total. The molecule has 4 heteroatoms. The molecule has 3 rings (SSSR count). The molecular weight excluding hydrogens is 204 g/mol. The van der Waals surface area contributed by atoms with Crippen molar-refractivity contribution in [2.24, 2.45) is 0 Å². The van der Waals surface area contributed by atoms with Gasteiger partial charge in [-0.25, -0.2) is 4.79 Å². The molecule has 1 aromatic carbocycles. The van der Waals surface area contributed by atoms with Crippen LogP contribution >= 0.6 is 0 Å². The standard InChI is InChI=1S/C12H14N2O2/c15-12(13-9-1-2-9)14-10-3-4-11-8(7-10)5-6-16-11/h3-4,7,9H,1-2,5-6H2,(H2,13,14,15). The van der Waals surface area contributed by atoms with E-state index in [-0.39, 0.29) is 6.03 Å². The Balaban J connectivity index is 1.67. The average Bonchev–Trinajstić information content (AvgIpc) is 2.95. The average molecular weight is 218 g/mol. The third-order valence-electron chi connectivity index (χ3n) is 2.86. The van der Waals surface area contributed by atoms with Gasteiger partial charge in [0.05, 0.1) is 6.61 Å². The second-order valence-electron chi connectivity index (χ2n) is 4.29. The van der Waals surface area contributed by atoms with Gasteiger partial charge < -0.3 is 15.4 Å². The minimum Gasteiger partial charge on any atom is -0.493 e. The Morgan fingerprint density at radius 1 is 1.38 bits per heavy atom. The lowest BCUT2D eigenvalue weighted by Crippen LogP contribution is -2.30. The zero-order valence-corrected chi connectivity index (χ0v) is 8.95. The number of hydrogen-bond donors (Lipinski definition) is 2. The molecule has 4 nitrogen and oxygen atoms in total. The normalized spacial score (nSPS) is 17.5. The van der Waals surface area contributed by atoms with E-state index in [1.807, 2.05) is 18.2 Å². The first-order chi connectivity index (χ1) is 7.81. The summed E-state index contributed by atoms with van der Waals surface area (Å²) in [7, 11) is 0. The van der Waals surface area contributed by atoms with E-state index in [1.54, 1.807) is 0 Å². The topological polar surface area (TPSA) is 50.4 Å². The van der Waals surface area contributed by atoms with Gasteiger partial charge in [0.1, 0.15) is 5.75 Å². The number of carbonyl (C=O) groups excluding carboxylic acids is 1. The molecule has 0 aromatic heterocycles. The van der Waals surface area contributed by atoms with Crippen LogP contribution in [0.4, 0.5) is 10.5 Å². The maximum Gasteiger partial charge on any atom is 0.319 e. The summed E-state index contributed by atoms with van der Waals surface area (Å²) in [6, 6.07) is 6.04. The predicted molar refractivity (Wildman–Crippen MR) is 60.8 cm³/mol. The van der Waals surface area contributed by atoms with E-state index in [2.05, 4.69) is 10.6 Å². The van der Waals surface area contributed by atoms with E-state index in [0.29, 0.717) is 6.04 Å². The van der Waals surface area contributed by atoms with Crippen LogP contribution in [0.1, 0.15) is 18.4 Å². The van der Waals surface area contributed by atoms with Crippen molar-refractivity contribution in [3.8, 4) is 5.75 Å². The van der Waals surface area contributed by atoms with Crippen molar-refractivity contribution in [1.29, 1.82) is 0 Å². The second-order valence-corrected chi connectivity index (χ2v) is 4.29. The van der Waals surface area contributed by atoms with E-state index in [1.165, 1.54) is 5.56 Å². The zero-order valence-electron chi connectivity index (χ0n) is 8.95. The first-order valence-corrected chi connectivity index (χ1v) is 5.64. The molecular formula is C12H14N2O2. The fourth-order valence-electron chi connectivity index (χ4n) is 1.84. The van der Waals surface area contributed by atoms with Gasteiger partial charge in [-0.3, -0.25) is 0 Å². The molecule has 0 bridgehead atoms. The number of fused-ring (bicyclic) bond motifs is 1. The van der Waals surface area contributed by atoms with Crippen LogP contribution in [0, 0.1) is 0 Å². The van der Waals surface area contributed by atoms with Gasteiger partial charge in [-0.15, -0.1) is 0 Å². The quantitative estimate of drug-likeness (QED) is 0.796. The largest absolute Gasteiger partial charge is 0.493 e. The number of amides is 2. The van der Waals surface area contributed by atoms with E-state index >= 15 is 0 Å². The number of benzene rings is 1. The molecule has 1 saturated carbocycles. The number of anilines is 1. The van der Waals surface area contributed by atoms with Crippen LogP contribution in [0.2, 0.25) is 0 Å². The lowest BCUT2D eigenvalue weighted by Gasteiger charge is -2.07. The zero-order chi connectivity index (χ0) is 11.0. The Hall–Kier alpha value is -1.71. The summed E-state index contributed by atoms with van der Waals surface area (Å²) in [4.78, 5) is 11.5. The monoisotopic (exact) mass is 218 g/mol. The Kier molecular flexibility index (Phi) is 2.20. The molecule has 0 atom stereocenters. The second kappa shape index (κ2) is 3.70. The Morgan fingerprint density at radius 2 is 2.25 bits per heavy atom. The molecule has 1 fully saturated rings. The predicted octanol–water partition coefficient (Wildman–Crippen LogP) is 1.91. The van der Waals surface area contributed by atoms with Crippen LogP contribution in [0.5, 0.6) is 5.75 Å². The molecule has 1 aliphatic carbocycles. The van der Waals surface area contributed by atoms with Crippen LogP contribution in [0.25, 0.3) is 0 Å². The summed E-state index contributed by atoms with van der Waals surface area (Å²) in [5.74, 6) is 0.938. The number of nitrogens with one attached hydrogen (secondary N) is 2. The van der Waals surface area contributed by atoms with Crippen LogP contribution in [0.15, 0.2) is 18.2 Å². The Labute approximate surface area is 94.0 Å². The van der Waals surface area contributed by atoms with Crippen molar-refractivity contribution in [2.45, 2.75) is 25.3 Å². The Bertz CT molecular complexity index is 427. The van der Waals surface area contributed by atoms with E-state index < -0.39 is 0 Å². The smallest absolute Gasteiger partial charge is 0.319 e. The number of hydrogen-bond acceptors (Lipinski definition) is 2. The van der Waals surface area contributed by atoms with Crippen molar-refractivity contribution in [3.63, 3.8) is 0 Å². The Morgan fingerprint density at radius 3 is 3.06 bits per heavy atom. The van der Waals surface area contributed by atoms with Crippen LogP contribution in [-0.4, -0.2) is 18.7 Å². The third-order valence-corrected chi connectivity index (χ3v) is 2.86. The summed E-state index contributed by atoms with van der Waals surface area (Å²) in [5, 5.41) is 5.73. The van der Waals surface area contributed by atoms with Gasteiger partial charge in [-0.05, 0) is 36.6 Å². The summed E-state index contributed by atoms with van der Waals surface area (Å²) in [5.41, 5.74) is 2.01. The fraction of sp³-hybridized carbons (Fsp3) is 0.417. The molecule has 0 spiro atoms. The summed E-state index contributed by atoms with van der Waals surface area (Å²) >= 11 is 0. The minimum absolute atomic E-state index is 0.110. The van der Waals surface area contributed by atoms with Crippen LogP contribution in [-0.2, 0) is 6.42 Å². The van der Waals surface area contributed by atoms with Crippen molar-refractivity contribution < 1.29 is 9.53 Å². The summed E-state index contributed by atoms with van der Waals surface area (Å²) < 4.78 is 5.40. The van der Waals surface area contributed by atoms with Gasteiger partial charge in [0.25, 0.3) is 0 Å². The number of rotatable bonds is 2. The van der Waals surface area contributed by atoms with Gasteiger partial charge in [-0.1, -0.05) is 0 Å². The maximum atomic E-state index is 11.5. The molecule has 0 radical (unpaired) electrons. The molecule has 2 amide bonds. The SMILES string of the molecule is O=C(Nc1ccc2c(c1)CCO2)NC1CC1. The van der Waals surface area contributed by atoms with Gasteiger partial charge in [0.15, 0.2) is 0 Å². The molecule has 2 aliphatic rings. The van der Waals surface area contributed by atoms with Gasteiger partial charge in [0, 0.05) is 18.2 Å². The summed E-state index contributed by atoms with van der Waals surface area (Å²) in [6.07, 6.45) is 3.13. The highest BCUT2D eigenvalue weighted by Crippen LogP contribution is 2.27. The highest BCUT2D eigenvalue weighted by atomic mass is 16.5. The molecule has 1 heterocycles. The van der Waals surface area contributed by atoms with E-state index in [0.717, 1.165) is 37.3 Å². The number of urea groups is 1. The fourth-order valence-corrected chi connectivity index (χ4v) is 1.84. The first-order valence-electron chi connectivity index (χ1n) is 5.64. The highest BCUT2D eigenvalue weighted by Gasteiger charge is 2.23. The van der Waals surface area contributed by atoms with Gasteiger partial charge in [-0.2, -0.15) is 0 Å². The van der Waals surface area contributed by atoms with Gasteiger partial charge in [0.2, 0.25) is 0 Å². The lowest BCUT2D eigenvalue weighted by molar-refractivity contribution is 0.251. The molecule has 1 aromatic rings. The molecule has 16 heavy (non-hydrogen) atoms. The molecule has 1 aliphatic heterocycles. The van der Waals surface area contributed by atoms with Crippen LogP contribution in [0.3, 0.4) is 0 Å². The van der Waals surface area contributed by atoms with Gasteiger partial charge >= 0.3 is 6.03 Å². The van der Waals surface area contributed by atoms with E-state index in [4.69, 9.17) is 4.74 Å². The van der Waals surface area contributed by atoms with Crippen molar-refractivity contribution in [3.05, 3.63) is 23.8 Å². The first kappa shape index (κ1) is 9.51. The van der Waals surface area contributed by atoms with Crippen LogP contribution < -0.4 is 15.4 Å². The third kappa shape index (κ3) is 1.96. The van der Waals surface area contributed by atoms with Crippen molar-refractivity contribution in [1.82, 2.24) is 5.32 Å². The molecule has 0 unspecified atom stereocenters.